The first-order valence-electron chi connectivity index (χ1n) is 10.4. The summed E-state index contributed by atoms with van der Waals surface area (Å²) in [6.45, 7) is 1.65. The van der Waals surface area contributed by atoms with Crippen LogP contribution in [-0.4, -0.2) is 59.4 Å². The SMILES string of the molecule is CSCC[C@H](NC(=O)c1cc(NCC2NCCC2S)ccc1-c1ccccc1)C(=O)O. The zero-order valence-electron chi connectivity index (χ0n) is 17.5. The highest BCUT2D eigenvalue weighted by Gasteiger charge is 2.24. The van der Waals surface area contributed by atoms with E-state index in [1.807, 2.05) is 48.7 Å². The molecule has 3 atom stereocenters. The Morgan fingerprint density at radius 1 is 1.26 bits per heavy atom. The number of nitrogens with one attached hydrogen (secondary N) is 3. The van der Waals surface area contributed by atoms with Crippen molar-refractivity contribution in [1.29, 1.82) is 0 Å². The first-order valence-corrected chi connectivity index (χ1v) is 12.3. The Morgan fingerprint density at radius 3 is 2.68 bits per heavy atom. The van der Waals surface area contributed by atoms with E-state index in [2.05, 4.69) is 28.6 Å². The van der Waals surface area contributed by atoms with Crippen molar-refractivity contribution in [3.05, 3.63) is 54.1 Å². The molecule has 0 aliphatic carbocycles. The molecule has 0 bridgehead atoms. The summed E-state index contributed by atoms with van der Waals surface area (Å²) in [5.74, 6) is -0.754. The smallest absolute Gasteiger partial charge is 0.326 e. The molecule has 6 nitrogen and oxygen atoms in total. The molecule has 1 aliphatic rings. The van der Waals surface area contributed by atoms with Crippen molar-refractivity contribution in [2.45, 2.75) is 30.2 Å². The summed E-state index contributed by atoms with van der Waals surface area (Å²) in [7, 11) is 0. The van der Waals surface area contributed by atoms with E-state index in [9.17, 15) is 14.7 Å². The zero-order chi connectivity index (χ0) is 22.2. The van der Waals surface area contributed by atoms with Crippen molar-refractivity contribution in [3.8, 4) is 11.1 Å². The Hall–Kier alpha value is -2.16. The van der Waals surface area contributed by atoms with Gasteiger partial charge in [-0.25, -0.2) is 4.79 Å². The summed E-state index contributed by atoms with van der Waals surface area (Å²) in [6.07, 6.45) is 3.32. The van der Waals surface area contributed by atoms with E-state index in [1.165, 1.54) is 0 Å². The van der Waals surface area contributed by atoms with E-state index in [0.29, 0.717) is 29.5 Å². The van der Waals surface area contributed by atoms with E-state index in [-0.39, 0.29) is 11.9 Å². The molecule has 2 aromatic carbocycles. The third-order valence-electron chi connectivity index (χ3n) is 5.40. The van der Waals surface area contributed by atoms with Gasteiger partial charge in [-0.1, -0.05) is 36.4 Å². The normalized spacial score (nSPS) is 19.0. The van der Waals surface area contributed by atoms with Crippen LogP contribution in [0.3, 0.4) is 0 Å². The Balaban J connectivity index is 1.84. The van der Waals surface area contributed by atoms with Crippen molar-refractivity contribution >= 4 is 42.0 Å². The molecule has 0 spiro atoms. The minimum Gasteiger partial charge on any atom is -0.480 e. The van der Waals surface area contributed by atoms with E-state index in [1.54, 1.807) is 17.8 Å². The summed E-state index contributed by atoms with van der Waals surface area (Å²) >= 11 is 6.17. The highest BCUT2D eigenvalue weighted by molar-refractivity contribution is 7.98. The number of carboxylic acid groups (broad SMARTS) is 1. The van der Waals surface area contributed by atoms with Gasteiger partial charge in [0.25, 0.3) is 5.91 Å². The van der Waals surface area contributed by atoms with Gasteiger partial charge in [-0.15, -0.1) is 0 Å². The molecule has 2 aromatic rings. The average molecular weight is 460 g/mol. The third-order valence-corrected chi connectivity index (χ3v) is 6.66. The predicted octanol–water partition coefficient (Wildman–Crippen LogP) is 3.36. The molecule has 0 saturated carbocycles. The molecule has 1 aliphatic heterocycles. The van der Waals surface area contributed by atoms with E-state index < -0.39 is 12.0 Å². The van der Waals surface area contributed by atoms with Crippen molar-refractivity contribution in [2.24, 2.45) is 0 Å². The summed E-state index contributed by atoms with van der Waals surface area (Å²) in [6, 6.07) is 14.6. The molecule has 0 radical (unpaired) electrons. The first-order chi connectivity index (χ1) is 15.0. The van der Waals surface area contributed by atoms with Gasteiger partial charge in [0.2, 0.25) is 0 Å². The van der Waals surface area contributed by atoms with Crippen LogP contribution < -0.4 is 16.0 Å². The van der Waals surface area contributed by atoms with Crippen molar-refractivity contribution in [1.82, 2.24) is 10.6 Å². The number of carbonyl (C=O) groups is 2. The second-order valence-corrected chi connectivity index (χ2v) is 9.22. The number of carbonyl (C=O) groups excluding carboxylic acids is 1. The fourth-order valence-corrected chi connectivity index (χ4v) is 4.44. The lowest BCUT2D eigenvalue weighted by Gasteiger charge is -2.19. The minimum atomic E-state index is -1.02. The molecule has 3 rings (SSSR count). The third kappa shape index (κ3) is 6.41. The van der Waals surface area contributed by atoms with E-state index >= 15 is 0 Å². The molecule has 166 valence electrons. The van der Waals surface area contributed by atoms with Crippen LogP contribution in [-0.2, 0) is 4.79 Å². The van der Waals surface area contributed by atoms with Gasteiger partial charge >= 0.3 is 5.97 Å². The average Bonchev–Trinajstić information content (AvgIpc) is 3.20. The van der Waals surface area contributed by atoms with Crippen LogP contribution in [0, 0.1) is 0 Å². The first kappa shape index (κ1) is 23.5. The van der Waals surface area contributed by atoms with Crippen LogP contribution >= 0.6 is 24.4 Å². The second-order valence-electron chi connectivity index (χ2n) is 7.57. The van der Waals surface area contributed by atoms with Gasteiger partial charge in [0.05, 0.1) is 0 Å². The van der Waals surface area contributed by atoms with Gasteiger partial charge in [-0.3, -0.25) is 4.79 Å². The van der Waals surface area contributed by atoms with E-state index in [4.69, 9.17) is 0 Å². The maximum atomic E-state index is 13.1. The summed E-state index contributed by atoms with van der Waals surface area (Å²) < 4.78 is 0. The van der Waals surface area contributed by atoms with Crippen LogP contribution in [0.5, 0.6) is 0 Å². The van der Waals surface area contributed by atoms with Crippen molar-refractivity contribution in [3.63, 3.8) is 0 Å². The molecule has 8 heteroatoms. The molecule has 31 heavy (non-hydrogen) atoms. The lowest BCUT2D eigenvalue weighted by atomic mass is 9.98. The number of thioether (sulfide) groups is 1. The van der Waals surface area contributed by atoms with Crippen molar-refractivity contribution in [2.75, 3.05) is 30.4 Å². The molecule has 0 aromatic heterocycles. The van der Waals surface area contributed by atoms with Crippen LogP contribution in [0.25, 0.3) is 11.1 Å². The highest BCUT2D eigenvalue weighted by atomic mass is 32.2. The minimum absolute atomic E-state index is 0.261. The number of benzene rings is 2. The van der Waals surface area contributed by atoms with Crippen LogP contribution in [0.15, 0.2) is 48.5 Å². The standard InChI is InChI=1S/C23H29N3O3S2/c1-31-12-10-19(23(28)29)26-22(27)18-13-16(25-14-20-21(30)9-11-24-20)7-8-17(18)15-5-3-2-4-6-15/h2-8,13,19-21,24-25,30H,9-12,14H2,1H3,(H,26,27)(H,28,29)/t19-,20?,21?/m0/s1. The lowest BCUT2D eigenvalue weighted by Crippen LogP contribution is -2.41. The number of amides is 1. The van der Waals surface area contributed by atoms with Gasteiger partial charge < -0.3 is 21.1 Å². The molecule has 1 amide bonds. The Bertz CT molecular complexity index is 895. The summed E-state index contributed by atoms with van der Waals surface area (Å²) in [5.41, 5.74) is 2.94. The highest BCUT2D eigenvalue weighted by Crippen LogP contribution is 2.27. The number of aliphatic carboxylic acids is 1. The van der Waals surface area contributed by atoms with Gasteiger partial charge in [-0.05, 0) is 54.7 Å². The molecule has 1 fully saturated rings. The van der Waals surface area contributed by atoms with Crippen molar-refractivity contribution < 1.29 is 14.7 Å². The number of thiol groups is 1. The Kier molecular flexibility index (Phi) is 8.69. The molecule has 4 N–H and O–H groups in total. The molecular formula is C23H29N3O3S2. The maximum Gasteiger partial charge on any atom is 0.326 e. The summed E-state index contributed by atoms with van der Waals surface area (Å²) in [4.78, 5) is 24.8. The van der Waals surface area contributed by atoms with Gasteiger partial charge in [0.15, 0.2) is 0 Å². The molecule has 1 saturated heterocycles. The van der Waals surface area contributed by atoms with Crippen LogP contribution in [0.2, 0.25) is 0 Å². The zero-order valence-corrected chi connectivity index (χ0v) is 19.2. The number of rotatable bonds is 10. The monoisotopic (exact) mass is 459 g/mol. The number of carboxylic acids is 1. The van der Waals surface area contributed by atoms with Crippen LogP contribution in [0.1, 0.15) is 23.2 Å². The van der Waals surface area contributed by atoms with E-state index in [0.717, 1.165) is 29.8 Å². The predicted molar refractivity (Wildman–Crippen MR) is 131 cm³/mol. The molecule has 1 heterocycles. The fraction of sp³-hybridized carbons (Fsp3) is 0.391. The van der Waals surface area contributed by atoms with Gasteiger partial charge in [-0.2, -0.15) is 24.4 Å². The quantitative estimate of drug-likeness (QED) is 0.350. The topological polar surface area (TPSA) is 90.5 Å². The second kappa shape index (κ2) is 11.5. The van der Waals surface area contributed by atoms with Gasteiger partial charge in [0.1, 0.15) is 6.04 Å². The largest absolute Gasteiger partial charge is 0.480 e. The number of anilines is 1. The fourth-order valence-electron chi connectivity index (χ4n) is 3.63. The number of hydrogen-bond acceptors (Lipinski definition) is 6. The summed E-state index contributed by atoms with van der Waals surface area (Å²) in [5, 5.41) is 19.3. The van der Waals surface area contributed by atoms with Gasteiger partial charge in [0, 0.05) is 29.1 Å². The maximum absolute atomic E-state index is 13.1. The molecular weight excluding hydrogens is 430 g/mol. The Morgan fingerprint density at radius 2 is 2.03 bits per heavy atom. The molecule has 2 unspecified atom stereocenters. The Labute approximate surface area is 193 Å². The lowest BCUT2D eigenvalue weighted by molar-refractivity contribution is -0.139. The van der Waals surface area contributed by atoms with Crippen LogP contribution in [0.4, 0.5) is 5.69 Å². The number of hydrogen-bond donors (Lipinski definition) is 5.